The van der Waals surface area contributed by atoms with Gasteiger partial charge in [-0.1, -0.05) is 37.3 Å². The van der Waals surface area contributed by atoms with E-state index in [2.05, 4.69) is 33.8 Å². The normalized spacial score (nSPS) is 15.9. The molecule has 1 atom stereocenters. The highest BCUT2D eigenvalue weighted by Crippen LogP contribution is 2.27. The minimum atomic E-state index is -0.936. The van der Waals surface area contributed by atoms with Gasteiger partial charge < -0.3 is 14.7 Å². The Hall–Kier alpha value is -3.38. The Kier molecular flexibility index (Phi) is 6.48. The number of pyridine rings is 1. The van der Waals surface area contributed by atoms with Crippen LogP contribution in [0.5, 0.6) is 11.5 Å². The molecule has 1 saturated heterocycles. The largest absolute Gasteiger partial charge is 0.478 e. The SMILES string of the molecule is CCN(Cc1cccc(Oc2ccccc2)c1)[C@H]1CCN(c2ncccc2C(=O)O)C1. The van der Waals surface area contributed by atoms with Gasteiger partial charge in [-0.15, -0.1) is 0 Å². The number of ether oxygens (including phenoxy) is 1. The number of carboxylic acid groups (broad SMARTS) is 1. The summed E-state index contributed by atoms with van der Waals surface area (Å²) in [6, 6.07) is 21.6. The van der Waals surface area contributed by atoms with Crippen LogP contribution in [0, 0.1) is 0 Å². The van der Waals surface area contributed by atoms with Crippen LogP contribution in [-0.4, -0.2) is 46.6 Å². The summed E-state index contributed by atoms with van der Waals surface area (Å²) in [6.07, 6.45) is 2.63. The average Bonchev–Trinajstić information content (AvgIpc) is 3.28. The van der Waals surface area contributed by atoms with E-state index in [-0.39, 0.29) is 5.56 Å². The van der Waals surface area contributed by atoms with Crippen LogP contribution in [0.15, 0.2) is 72.9 Å². The fourth-order valence-corrected chi connectivity index (χ4v) is 4.11. The molecule has 0 aliphatic carbocycles. The van der Waals surface area contributed by atoms with Crippen molar-refractivity contribution >= 4 is 11.8 Å². The van der Waals surface area contributed by atoms with Crippen molar-refractivity contribution in [1.29, 1.82) is 0 Å². The second-order valence-corrected chi connectivity index (χ2v) is 7.69. The number of carboxylic acids is 1. The lowest BCUT2D eigenvalue weighted by molar-refractivity contribution is 0.0697. The molecule has 0 radical (unpaired) electrons. The van der Waals surface area contributed by atoms with Crippen LogP contribution in [0.25, 0.3) is 0 Å². The highest BCUT2D eigenvalue weighted by Gasteiger charge is 2.30. The lowest BCUT2D eigenvalue weighted by atomic mass is 10.1. The Labute approximate surface area is 182 Å². The van der Waals surface area contributed by atoms with Gasteiger partial charge in [-0.3, -0.25) is 4.90 Å². The van der Waals surface area contributed by atoms with Crippen LogP contribution in [0.4, 0.5) is 5.82 Å². The predicted octanol–water partition coefficient (Wildman–Crippen LogP) is 4.67. The first-order valence-corrected chi connectivity index (χ1v) is 10.6. The van der Waals surface area contributed by atoms with Gasteiger partial charge in [0.25, 0.3) is 0 Å². The smallest absolute Gasteiger partial charge is 0.339 e. The highest BCUT2D eigenvalue weighted by atomic mass is 16.5. The molecule has 0 spiro atoms. The van der Waals surface area contributed by atoms with Gasteiger partial charge in [0.05, 0.1) is 0 Å². The molecule has 0 bridgehead atoms. The van der Waals surface area contributed by atoms with E-state index in [1.807, 2.05) is 42.5 Å². The van der Waals surface area contributed by atoms with Crippen molar-refractivity contribution in [2.24, 2.45) is 0 Å². The summed E-state index contributed by atoms with van der Waals surface area (Å²) in [4.78, 5) is 20.4. The standard InChI is InChI=1S/C25H27N3O3/c1-2-27(17-19-8-6-11-22(16-19)31-21-9-4-3-5-10-21)20-13-15-28(18-20)24-23(25(29)30)12-7-14-26-24/h3-12,14,16,20H,2,13,15,17-18H2,1H3,(H,29,30)/t20-/m0/s1. The van der Waals surface area contributed by atoms with Crippen LogP contribution in [0.1, 0.15) is 29.3 Å². The molecule has 1 aliphatic rings. The van der Waals surface area contributed by atoms with Gasteiger partial charge in [-0.25, -0.2) is 9.78 Å². The molecule has 1 N–H and O–H groups in total. The Morgan fingerprint density at radius 2 is 1.94 bits per heavy atom. The Bertz CT molecular complexity index is 1030. The van der Waals surface area contributed by atoms with E-state index in [9.17, 15) is 9.90 Å². The molecule has 3 aromatic rings. The van der Waals surface area contributed by atoms with Crippen molar-refractivity contribution in [3.63, 3.8) is 0 Å². The quantitative estimate of drug-likeness (QED) is 0.574. The summed E-state index contributed by atoms with van der Waals surface area (Å²) in [5.41, 5.74) is 1.45. The lowest BCUT2D eigenvalue weighted by Gasteiger charge is -2.28. The minimum absolute atomic E-state index is 0.261. The van der Waals surface area contributed by atoms with Gasteiger partial charge in [0.15, 0.2) is 0 Å². The summed E-state index contributed by atoms with van der Waals surface area (Å²) >= 11 is 0. The van der Waals surface area contributed by atoms with Crippen LogP contribution >= 0.6 is 0 Å². The maximum absolute atomic E-state index is 11.6. The number of aromatic nitrogens is 1. The molecule has 0 amide bonds. The van der Waals surface area contributed by atoms with Gasteiger partial charge in [0.2, 0.25) is 0 Å². The zero-order valence-corrected chi connectivity index (χ0v) is 17.6. The molecule has 4 rings (SSSR count). The number of aromatic carboxylic acids is 1. The molecule has 1 aromatic heterocycles. The number of hydrogen-bond donors (Lipinski definition) is 1. The van der Waals surface area contributed by atoms with E-state index < -0.39 is 5.97 Å². The number of hydrogen-bond acceptors (Lipinski definition) is 5. The summed E-state index contributed by atoms with van der Waals surface area (Å²) in [5.74, 6) is 1.27. The number of nitrogens with zero attached hydrogens (tertiary/aromatic N) is 3. The van der Waals surface area contributed by atoms with Gasteiger partial charge >= 0.3 is 5.97 Å². The first-order valence-electron chi connectivity index (χ1n) is 10.6. The monoisotopic (exact) mass is 417 g/mol. The van der Waals surface area contributed by atoms with Crippen molar-refractivity contribution in [3.05, 3.63) is 84.1 Å². The second-order valence-electron chi connectivity index (χ2n) is 7.69. The van der Waals surface area contributed by atoms with Gasteiger partial charge in [0.1, 0.15) is 22.9 Å². The number of para-hydroxylation sites is 1. The third-order valence-corrected chi connectivity index (χ3v) is 5.67. The van der Waals surface area contributed by atoms with Gasteiger partial charge in [-0.05, 0) is 54.9 Å². The van der Waals surface area contributed by atoms with E-state index in [4.69, 9.17) is 4.74 Å². The van der Waals surface area contributed by atoms with Gasteiger partial charge in [-0.2, -0.15) is 0 Å². The van der Waals surface area contributed by atoms with Crippen LogP contribution < -0.4 is 9.64 Å². The van der Waals surface area contributed by atoms with E-state index in [0.29, 0.717) is 11.9 Å². The van der Waals surface area contributed by atoms with Crippen LogP contribution in [-0.2, 0) is 6.54 Å². The van der Waals surface area contributed by atoms with Crippen molar-refractivity contribution in [2.45, 2.75) is 25.9 Å². The highest BCUT2D eigenvalue weighted by molar-refractivity contribution is 5.93. The third kappa shape index (κ3) is 5.03. The fourth-order valence-electron chi connectivity index (χ4n) is 4.11. The molecule has 1 fully saturated rings. The minimum Gasteiger partial charge on any atom is -0.478 e. The number of rotatable bonds is 8. The van der Waals surface area contributed by atoms with Gasteiger partial charge in [0, 0.05) is 31.9 Å². The number of carbonyl (C=O) groups is 1. The summed E-state index contributed by atoms with van der Waals surface area (Å²) < 4.78 is 5.98. The predicted molar refractivity (Wildman–Crippen MR) is 121 cm³/mol. The topological polar surface area (TPSA) is 65.9 Å². The van der Waals surface area contributed by atoms with Crippen molar-refractivity contribution in [3.8, 4) is 11.5 Å². The first-order chi connectivity index (χ1) is 15.1. The molecular formula is C25H27N3O3. The van der Waals surface area contributed by atoms with E-state index in [0.717, 1.165) is 44.1 Å². The van der Waals surface area contributed by atoms with Crippen LogP contribution in [0.3, 0.4) is 0 Å². The Balaban J connectivity index is 1.43. The van der Waals surface area contributed by atoms with E-state index >= 15 is 0 Å². The third-order valence-electron chi connectivity index (χ3n) is 5.67. The Morgan fingerprint density at radius 3 is 2.71 bits per heavy atom. The molecule has 0 saturated carbocycles. The Morgan fingerprint density at radius 1 is 1.13 bits per heavy atom. The molecule has 2 heterocycles. The molecule has 160 valence electrons. The molecule has 2 aromatic carbocycles. The maximum Gasteiger partial charge on any atom is 0.339 e. The second kappa shape index (κ2) is 9.62. The molecule has 6 heteroatoms. The zero-order chi connectivity index (χ0) is 21.6. The number of anilines is 1. The summed E-state index contributed by atoms with van der Waals surface area (Å²) in [7, 11) is 0. The van der Waals surface area contributed by atoms with Crippen LogP contribution in [0.2, 0.25) is 0 Å². The maximum atomic E-state index is 11.6. The number of likely N-dealkylation sites (N-methyl/N-ethyl adjacent to an activating group) is 1. The number of benzene rings is 2. The van der Waals surface area contributed by atoms with Crippen molar-refractivity contribution in [2.75, 3.05) is 24.5 Å². The summed E-state index contributed by atoms with van der Waals surface area (Å²) in [6.45, 7) is 5.46. The van der Waals surface area contributed by atoms with Crippen molar-refractivity contribution < 1.29 is 14.6 Å². The first kappa shape index (κ1) is 20.9. The molecule has 0 unspecified atom stereocenters. The molecule has 6 nitrogen and oxygen atoms in total. The van der Waals surface area contributed by atoms with E-state index in [1.165, 1.54) is 5.56 Å². The summed E-state index contributed by atoms with van der Waals surface area (Å²) in [5, 5.41) is 9.48. The molecular weight excluding hydrogens is 390 g/mol. The van der Waals surface area contributed by atoms with Crippen molar-refractivity contribution in [1.82, 2.24) is 9.88 Å². The molecule has 1 aliphatic heterocycles. The lowest BCUT2D eigenvalue weighted by Crippen LogP contribution is -2.37. The van der Waals surface area contributed by atoms with E-state index in [1.54, 1.807) is 18.3 Å². The molecule has 31 heavy (non-hydrogen) atoms. The fraction of sp³-hybridized carbons (Fsp3) is 0.280. The zero-order valence-electron chi connectivity index (χ0n) is 17.6. The average molecular weight is 418 g/mol.